The van der Waals surface area contributed by atoms with Gasteiger partial charge in [0.15, 0.2) is 11.5 Å². The molecule has 2 heterocycles. The van der Waals surface area contributed by atoms with E-state index >= 15 is 0 Å². The zero-order valence-electron chi connectivity index (χ0n) is 10.3. The second-order valence-corrected chi connectivity index (χ2v) is 4.48. The highest BCUT2D eigenvalue weighted by atomic mass is 19.1. The van der Waals surface area contributed by atoms with Crippen LogP contribution in [0.2, 0.25) is 0 Å². The van der Waals surface area contributed by atoms with Crippen molar-refractivity contribution in [1.29, 1.82) is 0 Å². The van der Waals surface area contributed by atoms with E-state index in [1.165, 1.54) is 12.1 Å². The minimum atomic E-state index is -0.334. The third-order valence-electron chi connectivity index (χ3n) is 3.26. The molecule has 0 saturated heterocycles. The highest BCUT2D eigenvalue weighted by Gasteiger charge is 2.16. The van der Waals surface area contributed by atoms with Crippen LogP contribution < -0.4 is 15.2 Å². The molecule has 4 rings (SSSR count). The van der Waals surface area contributed by atoms with E-state index in [2.05, 4.69) is 4.98 Å². The summed E-state index contributed by atoms with van der Waals surface area (Å²) in [5, 5.41) is 0. The van der Waals surface area contributed by atoms with Gasteiger partial charge in [-0.05, 0) is 24.3 Å². The van der Waals surface area contributed by atoms with Crippen molar-refractivity contribution in [2.45, 2.75) is 0 Å². The summed E-state index contributed by atoms with van der Waals surface area (Å²) in [5.41, 5.74) is 7.94. The molecule has 6 heteroatoms. The zero-order valence-corrected chi connectivity index (χ0v) is 10.3. The first kappa shape index (κ1) is 11.1. The van der Waals surface area contributed by atoms with Gasteiger partial charge >= 0.3 is 0 Å². The third kappa shape index (κ3) is 1.51. The van der Waals surface area contributed by atoms with Crippen molar-refractivity contribution in [1.82, 2.24) is 9.55 Å². The van der Waals surface area contributed by atoms with Crippen LogP contribution in [0.25, 0.3) is 16.7 Å². The molecule has 0 fully saturated rings. The molecule has 1 aliphatic rings. The van der Waals surface area contributed by atoms with Crippen molar-refractivity contribution >= 4 is 17.0 Å². The van der Waals surface area contributed by atoms with Crippen LogP contribution in [0.4, 0.5) is 10.3 Å². The van der Waals surface area contributed by atoms with Crippen molar-refractivity contribution in [2.75, 3.05) is 12.5 Å². The molecule has 20 heavy (non-hydrogen) atoms. The monoisotopic (exact) mass is 271 g/mol. The standard InChI is InChI=1S/C14H10FN3O2/c15-8-1-3-10-11(5-8)18(14(16)17-10)9-2-4-12-13(6-9)20-7-19-12/h1-6H,7H2,(H2,16,17). The lowest BCUT2D eigenvalue weighted by Crippen LogP contribution is -2.00. The van der Waals surface area contributed by atoms with Crippen molar-refractivity contribution in [3.8, 4) is 17.2 Å². The molecule has 1 aromatic heterocycles. The average molecular weight is 271 g/mol. The minimum absolute atomic E-state index is 0.202. The van der Waals surface area contributed by atoms with Gasteiger partial charge < -0.3 is 15.2 Å². The van der Waals surface area contributed by atoms with Crippen LogP contribution in [0.5, 0.6) is 11.5 Å². The van der Waals surface area contributed by atoms with Crippen LogP contribution in [-0.4, -0.2) is 16.3 Å². The minimum Gasteiger partial charge on any atom is -0.454 e. The fraction of sp³-hybridized carbons (Fsp3) is 0.0714. The maximum absolute atomic E-state index is 13.4. The molecular formula is C14H10FN3O2. The van der Waals surface area contributed by atoms with E-state index in [0.29, 0.717) is 28.5 Å². The third-order valence-corrected chi connectivity index (χ3v) is 3.26. The normalized spacial score (nSPS) is 13.1. The van der Waals surface area contributed by atoms with E-state index < -0.39 is 0 Å². The molecule has 0 unspecified atom stereocenters. The first-order chi connectivity index (χ1) is 9.72. The Balaban J connectivity index is 1.97. The largest absolute Gasteiger partial charge is 0.454 e. The van der Waals surface area contributed by atoms with Gasteiger partial charge in [0.2, 0.25) is 12.7 Å². The Kier molecular flexibility index (Phi) is 2.14. The molecule has 0 radical (unpaired) electrons. The molecule has 0 saturated carbocycles. The fourth-order valence-electron chi connectivity index (χ4n) is 2.36. The Hall–Kier alpha value is -2.76. The van der Waals surface area contributed by atoms with Crippen molar-refractivity contribution in [2.24, 2.45) is 0 Å². The quantitative estimate of drug-likeness (QED) is 0.738. The molecule has 3 aromatic rings. The Morgan fingerprint density at radius 3 is 2.85 bits per heavy atom. The molecule has 0 bridgehead atoms. The summed E-state index contributed by atoms with van der Waals surface area (Å²) < 4.78 is 25.7. The van der Waals surface area contributed by atoms with Gasteiger partial charge in [-0.1, -0.05) is 0 Å². The van der Waals surface area contributed by atoms with Crippen molar-refractivity contribution in [3.05, 3.63) is 42.2 Å². The van der Waals surface area contributed by atoms with Crippen LogP contribution in [0.1, 0.15) is 0 Å². The second-order valence-electron chi connectivity index (χ2n) is 4.48. The van der Waals surface area contributed by atoms with Crippen molar-refractivity contribution < 1.29 is 13.9 Å². The number of nitrogens with two attached hydrogens (primary N) is 1. The Morgan fingerprint density at radius 1 is 1.10 bits per heavy atom. The van der Waals surface area contributed by atoms with E-state index in [1.807, 2.05) is 6.07 Å². The van der Waals surface area contributed by atoms with Gasteiger partial charge in [-0.25, -0.2) is 9.37 Å². The van der Waals surface area contributed by atoms with Gasteiger partial charge in [0.25, 0.3) is 0 Å². The number of nitrogens with zero attached hydrogens (tertiary/aromatic N) is 2. The Labute approximate surface area is 113 Å². The number of aromatic nitrogens is 2. The summed E-state index contributed by atoms with van der Waals surface area (Å²) >= 11 is 0. The average Bonchev–Trinajstić information content (AvgIpc) is 3.00. The maximum Gasteiger partial charge on any atom is 0.231 e. The van der Waals surface area contributed by atoms with Gasteiger partial charge in [0, 0.05) is 12.1 Å². The van der Waals surface area contributed by atoms with Crippen molar-refractivity contribution in [3.63, 3.8) is 0 Å². The number of ether oxygens (including phenoxy) is 2. The SMILES string of the molecule is Nc1nc2ccc(F)cc2n1-c1ccc2c(c1)OCO2. The summed E-state index contributed by atoms with van der Waals surface area (Å²) in [6, 6.07) is 9.79. The van der Waals surface area contributed by atoms with Gasteiger partial charge in [-0.15, -0.1) is 0 Å². The van der Waals surface area contributed by atoms with Crippen LogP contribution in [0.3, 0.4) is 0 Å². The van der Waals surface area contributed by atoms with E-state index in [0.717, 1.165) is 5.69 Å². The number of nitrogen functional groups attached to an aromatic ring is 1. The van der Waals surface area contributed by atoms with E-state index in [-0.39, 0.29) is 12.6 Å². The smallest absolute Gasteiger partial charge is 0.231 e. The molecule has 0 spiro atoms. The number of halogens is 1. The lowest BCUT2D eigenvalue weighted by molar-refractivity contribution is 0.174. The topological polar surface area (TPSA) is 62.3 Å². The highest BCUT2D eigenvalue weighted by Crippen LogP contribution is 2.35. The zero-order chi connectivity index (χ0) is 13.7. The number of fused-ring (bicyclic) bond motifs is 2. The number of rotatable bonds is 1. The second kappa shape index (κ2) is 3.86. The molecule has 2 N–H and O–H groups in total. The summed E-state index contributed by atoms with van der Waals surface area (Å²) in [7, 11) is 0. The summed E-state index contributed by atoms with van der Waals surface area (Å²) in [6.07, 6.45) is 0. The first-order valence-corrected chi connectivity index (χ1v) is 6.06. The summed E-state index contributed by atoms with van der Waals surface area (Å²) in [5.74, 6) is 1.28. The molecular weight excluding hydrogens is 261 g/mol. The van der Waals surface area contributed by atoms with Crippen LogP contribution in [-0.2, 0) is 0 Å². The highest BCUT2D eigenvalue weighted by molar-refractivity contribution is 5.81. The Morgan fingerprint density at radius 2 is 1.95 bits per heavy atom. The molecule has 1 aliphatic heterocycles. The van der Waals surface area contributed by atoms with Crippen LogP contribution >= 0.6 is 0 Å². The number of hydrogen-bond donors (Lipinski definition) is 1. The fourth-order valence-corrected chi connectivity index (χ4v) is 2.36. The summed E-state index contributed by atoms with van der Waals surface area (Å²) in [6.45, 7) is 0.202. The number of hydrogen-bond acceptors (Lipinski definition) is 4. The lowest BCUT2D eigenvalue weighted by atomic mass is 10.2. The number of anilines is 1. The molecule has 100 valence electrons. The van der Waals surface area contributed by atoms with E-state index in [9.17, 15) is 4.39 Å². The number of benzene rings is 2. The molecule has 2 aromatic carbocycles. The first-order valence-electron chi connectivity index (χ1n) is 6.06. The molecule has 0 atom stereocenters. The maximum atomic E-state index is 13.4. The molecule has 0 amide bonds. The number of imidazole rings is 1. The Bertz CT molecular complexity index is 829. The molecule has 5 nitrogen and oxygen atoms in total. The van der Waals surface area contributed by atoms with E-state index in [4.69, 9.17) is 15.2 Å². The predicted octanol–water partition coefficient (Wildman–Crippen LogP) is 2.48. The van der Waals surface area contributed by atoms with Gasteiger partial charge in [-0.2, -0.15) is 0 Å². The molecule has 0 aliphatic carbocycles. The van der Waals surface area contributed by atoms with E-state index in [1.54, 1.807) is 22.8 Å². The predicted molar refractivity (Wildman–Crippen MR) is 71.6 cm³/mol. The van der Waals surface area contributed by atoms with Gasteiger partial charge in [-0.3, -0.25) is 4.57 Å². The lowest BCUT2D eigenvalue weighted by Gasteiger charge is -2.07. The van der Waals surface area contributed by atoms with Crippen LogP contribution in [0.15, 0.2) is 36.4 Å². The summed E-state index contributed by atoms with van der Waals surface area (Å²) in [4.78, 5) is 4.23. The van der Waals surface area contributed by atoms with Gasteiger partial charge in [0.05, 0.1) is 16.7 Å². The van der Waals surface area contributed by atoms with Crippen LogP contribution in [0, 0.1) is 5.82 Å². The van der Waals surface area contributed by atoms with Gasteiger partial charge in [0.1, 0.15) is 5.82 Å².